The topological polar surface area (TPSA) is 72.3 Å². The molecule has 2 unspecified atom stereocenters. The van der Waals surface area contributed by atoms with Crippen LogP contribution in [-0.2, 0) is 10.3 Å². The average Bonchev–Trinajstić information content (AvgIpc) is 3.56. The van der Waals surface area contributed by atoms with Crippen LogP contribution in [0.5, 0.6) is 0 Å². The minimum absolute atomic E-state index is 0.0958. The van der Waals surface area contributed by atoms with Gasteiger partial charge < -0.3 is 15.1 Å². The highest BCUT2D eigenvalue weighted by Crippen LogP contribution is 2.45. The molecule has 1 aromatic carbocycles. The number of anilines is 1. The predicted octanol–water partition coefficient (Wildman–Crippen LogP) is 3.19. The summed E-state index contributed by atoms with van der Waals surface area (Å²) in [4.78, 5) is 21.9. The van der Waals surface area contributed by atoms with Gasteiger partial charge in [-0.3, -0.25) is 4.79 Å². The van der Waals surface area contributed by atoms with Crippen LogP contribution in [0.3, 0.4) is 0 Å². The van der Waals surface area contributed by atoms with E-state index in [-0.39, 0.29) is 29.3 Å². The molecule has 6 nitrogen and oxygen atoms in total. The van der Waals surface area contributed by atoms with E-state index >= 15 is 0 Å². The number of rotatable bonds is 6. The number of fused-ring (bicyclic) bond motifs is 2. The summed E-state index contributed by atoms with van der Waals surface area (Å²) in [6, 6.07) is 13.0. The predicted molar refractivity (Wildman–Crippen MR) is 119 cm³/mol. The smallest absolute Gasteiger partial charge is 0.223 e. The number of pyridine rings is 1. The van der Waals surface area contributed by atoms with Crippen LogP contribution in [0, 0.1) is 23.1 Å². The van der Waals surface area contributed by atoms with E-state index in [1.165, 1.54) is 12.1 Å². The van der Waals surface area contributed by atoms with E-state index < -0.39 is 0 Å². The number of carbonyl (C=O) groups excluding carboxylic acids is 1. The van der Waals surface area contributed by atoms with Crippen LogP contribution in [-0.4, -0.2) is 47.5 Å². The highest BCUT2D eigenvalue weighted by atomic mass is 19.1. The van der Waals surface area contributed by atoms with Gasteiger partial charge in [0.1, 0.15) is 17.7 Å². The molecule has 1 aromatic heterocycles. The van der Waals surface area contributed by atoms with Crippen LogP contribution >= 0.6 is 0 Å². The van der Waals surface area contributed by atoms with E-state index in [2.05, 4.69) is 28.2 Å². The van der Waals surface area contributed by atoms with Gasteiger partial charge in [-0.15, -0.1) is 0 Å². The number of likely N-dealkylation sites (tertiary alicyclic amines) is 1. The molecule has 7 heteroatoms. The maximum absolute atomic E-state index is 13.2. The number of nitrogens with zero attached hydrogens (tertiary/aromatic N) is 4. The summed E-state index contributed by atoms with van der Waals surface area (Å²) in [5.74, 6) is 1.34. The number of nitrogens with one attached hydrogen (secondary N) is 1. The van der Waals surface area contributed by atoms with Gasteiger partial charge in [-0.2, -0.15) is 5.26 Å². The number of nitriles is 1. The van der Waals surface area contributed by atoms with E-state index in [9.17, 15) is 9.18 Å². The van der Waals surface area contributed by atoms with Crippen molar-refractivity contribution in [2.24, 2.45) is 5.92 Å². The highest BCUT2D eigenvalue weighted by Gasteiger charge is 2.46. The molecule has 1 N–H and O–H groups in total. The number of halogens is 1. The number of hydrogen-bond donors (Lipinski definition) is 1. The van der Waals surface area contributed by atoms with Crippen LogP contribution in [0.15, 0.2) is 42.6 Å². The Kier molecular flexibility index (Phi) is 5.34. The SMILES string of the molecule is C[C@H]1CC2CN(C(=O)CCNC3(c4ccc(F)cc4)CC3)CC1N2c1ccc(C#N)cn1. The molecule has 1 amide bonds. The molecule has 3 aliphatic rings. The molecule has 2 saturated heterocycles. The first-order chi connectivity index (χ1) is 15.5. The Labute approximate surface area is 188 Å². The highest BCUT2D eigenvalue weighted by molar-refractivity contribution is 5.77. The molecule has 0 spiro atoms. The Morgan fingerprint density at radius 2 is 2.03 bits per heavy atom. The number of benzene rings is 1. The summed E-state index contributed by atoms with van der Waals surface area (Å²) < 4.78 is 13.2. The number of amides is 1. The van der Waals surface area contributed by atoms with Gasteiger partial charge >= 0.3 is 0 Å². The molecule has 2 aromatic rings. The summed E-state index contributed by atoms with van der Waals surface area (Å²) in [6.07, 6.45) is 5.17. The van der Waals surface area contributed by atoms with E-state index in [1.807, 2.05) is 29.2 Å². The second kappa shape index (κ2) is 8.18. The van der Waals surface area contributed by atoms with Gasteiger partial charge in [-0.25, -0.2) is 9.37 Å². The van der Waals surface area contributed by atoms with E-state index in [1.54, 1.807) is 6.20 Å². The molecule has 1 saturated carbocycles. The van der Waals surface area contributed by atoms with Crippen molar-refractivity contribution >= 4 is 11.7 Å². The minimum Gasteiger partial charge on any atom is -0.347 e. The fourth-order valence-corrected chi connectivity index (χ4v) is 5.42. The van der Waals surface area contributed by atoms with Crippen molar-refractivity contribution in [2.75, 3.05) is 24.5 Å². The van der Waals surface area contributed by atoms with Crippen LogP contribution in [0.1, 0.15) is 43.7 Å². The first-order valence-corrected chi connectivity index (χ1v) is 11.4. The first-order valence-electron chi connectivity index (χ1n) is 11.4. The van der Waals surface area contributed by atoms with Crippen LogP contribution in [0.4, 0.5) is 10.2 Å². The summed E-state index contributed by atoms with van der Waals surface area (Å²) in [5.41, 5.74) is 1.56. The van der Waals surface area contributed by atoms with Crippen molar-refractivity contribution in [1.29, 1.82) is 5.26 Å². The zero-order valence-electron chi connectivity index (χ0n) is 18.3. The summed E-state index contributed by atoms with van der Waals surface area (Å²) >= 11 is 0. The lowest BCUT2D eigenvalue weighted by Gasteiger charge is -2.42. The zero-order valence-corrected chi connectivity index (χ0v) is 18.3. The average molecular weight is 434 g/mol. The molecule has 2 bridgehead atoms. The van der Waals surface area contributed by atoms with Crippen molar-refractivity contribution in [2.45, 2.75) is 50.2 Å². The molecule has 5 rings (SSSR count). The number of carbonyl (C=O) groups is 1. The molecule has 3 heterocycles. The Morgan fingerprint density at radius 1 is 1.25 bits per heavy atom. The van der Waals surface area contributed by atoms with Crippen molar-refractivity contribution in [3.63, 3.8) is 0 Å². The largest absolute Gasteiger partial charge is 0.347 e. The quantitative estimate of drug-likeness (QED) is 0.758. The number of aromatic nitrogens is 1. The van der Waals surface area contributed by atoms with Gasteiger partial charge in [-0.05, 0) is 55.0 Å². The number of piperazine rings is 1. The number of hydrogen-bond acceptors (Lipinski definition) is 5. The summed E-state index contributed by atoms with van der Waals surface area (Å²) in [5, 5.41) is 12.6. The molecule has 1 aliphatic carbocycles. The van der Waals surface area contributed by atoms with E-state index in [0.29, 0.717) is 37.5 Å². The Bertz CT molecular complexity index is 1030. The van der Waals surface area contributed by atoms with Crippen LogP contribution < -0.4 is 10.2 Å². The standard InChI is InChI=1S/C25H28FN5O/c1-17-12-21-15-30(16-22(17)31(21)23-7-2-18(13-27)14-28-23)24(32)8-11-29-25(9-10-25)19-3-5-20(26)6-4-19/h2-7,14,17,21-22,29H,8-12,15-16H2,1H3/t17-,21?,22?/m0/s1. The Balaban J connectivity index is 1.18. The lowest BCUT2D eigenvalue weighted by molar-refractivity contribution is -0.132. The van der Waals surface area contributed by atoms with Gasteiger partial charge in [0.25, 0.3) is 0 Å². The molecular formula is C25H28FN5O. The first kappa shape index (κ1) is 20.9. The third-order valence-electron chi connectivity index (χ3n) is 7.33. The lowest BCUT2D eigenvalue weighted by atomic mass is 10.0. The molecule has 166 valence electrons. The third-order valence-corrected chi connectivity index (χ3v) is 7.33. The maximum Gasteiger partial charge on any atom is 0.223 e. The maximum atomic E-state index is 13.2. The molecule has 0 radical (unpaired) electrons. The van der Waals surface area contributed by atoms with E-state index in [4.69, 9.17) is 5.26 Å². The van der Waals surface area contributed by atoms with E-state index in [0.717, 1.165) is 30.6 Å². The second-order valence-electron chi connectivity index (χ2n) is 9.42. The molecule has 3 atom stereocenters. The van der Waals surface area contributed by atoms with Gasteiger partial charge in [0.15, 0.2) is 0 Å². The fraction of sp³-hybridized carbons (Fsp3) is 0.480. The Hall–Kier alpha value is -2.98. The van der Waals surface area contributed by atoms with Gasteiger partial charge in [0.2, 0.25) is 5.91 Å². The molecule has 2 aliphatic heterocycles. The molecule has 3 fully saturated rings. The van der Waals surface area contributed by atoms with Gasteiger partial charge in [0, 0.05) is 43.8 Å². The lowest BCUT2D eigenvalue weighted by Crippen LogP contribution is -2.56. The third kappa shape index (κ3) is 3.84. The van der Waals surface area contributed by atoms with Gasteiger partial charge in [-0.1, -0.05) is 19.1 Å². The molecule has 32 heavy (non-hydrogen) atoms. The zero-order chi connectivity index (χ0) is 22.3. The normalized spacial score (nSPS) is 25.5. The van der Waals surface area contributed by atoms with Crippen molar-refractivity contribution in [1.82, 2.24) is 15.2 Å². The van der Waals surface area contributed by atoms with Crippen molar-refractivity contribution < 1.29 is 9.18 Å². The Morgan fingerprint density at radius 3 is 2.66 bits per heavy atom. The van der Waals surface area contributed by atoms with Crippen molar-refractivity contribution in [3.8, 4) is 6.07 Å². The van der Waals surface area contributed by atoms with Crippen molar-refractivity contribution in [3.05, 3.63) is 59.5 Å². The van der Waals surface area contributed by atoms with Crippen LogP contribution in [0.2, 0.25) is 0 Å². The summed E-state index contributed by atoms with van der Waals surface area (Å²) in [6.45, 7) is 4.29. The fourth-order valence-electron chi connectivity index (χ4n) is 5.42. The minimum atomic E-state index is -0.223. The second-order valence-corrected chi connectivity index (χ2v) is 9.42. The summed E-state index contributed by atoms with van der Waals surface area (Å²) in [7, 11) is 0. The molecular weight excluding hydrogens is 405 g/mol. The monoisotopic (exact) mass is 433 g/mol. The van der Waals surface area contributed by atoms with Crippen LogP contribution in [0.25, 0.3) is 0 Å². The van der Waals surface area contributed by atoms with Gasteiger partial charge in [0.05, 0.1) is 11.6 Å².